The fourth-order valence-corrected chi connectivity index (χ4v) is 0.955. The number of rotatable bonds is 3. The van der Waals surface area contributed by atoms with Crippen LogP contribution in [0.5, 0.6) is 0 Å². The standard InChI is InChI=1S/C9H8N2O2/c10-5-7-11-6-1-2-8(11)3-4-9(12)13/h1-4,6H,7H2,(H,12,13)/b4-3+. The molecule has 0 radical (unpaired) electrons. The van der Waals surface area contributed by atoms with Crippen LogP contribution in [0.2, 0.25) is 0 Å². The highest BCUT2D eigenvalue weighted by Gasteiger charge is 1.95. The smallest absolute Gasteiger partial charge is 0.328 e. The molecule has 0 saturated heterocycles. The van der Waals surface area contributed by atoms with Crippen molar-refractivity contribution in [3.63, 3.8) is 0 Å². The van der Waals surface area contributed by atoms with E-state index in [0.717, 1.165) is 6.08 Å². The molecule has 0 fully saturated rings. The van der Waals surface area contributed by atoms with Crippen LogP contribution in [0.25, 0.3) is 6.08 Å². The summed E-state index contributed by atoms with van der Waals surface area (Å²) in [6, 6.07) is 5.49. The quantitative estimate of drug-likeness (QED) is 0.701. The van der Waals surface area contributed by atoms with E-state index in [-0.39, 0.29) is 6.54 Å². The summed E-state index contributed by atoms with van der Waals surface area (Å²) in [5.41, 5.74) is 0.712. The van der Waals surface area contributed by atoms with Gasteiger partial charge in [0.1, 0.15) is 6.54 Å². The highest BCUT2D eigenvalue weighted by molar-refractivity contribution is 5.84. The monoisotopic (exact) mass is 176 g/mol. The molecule has 66 valence electrons. The van der Waals surface area contributed by atoms with E-state index >= 15 is 0 Å². The van der Waals surface area contributed by atoms with Gasteiger partial charge in [0.25, 0.3) is 0 Å². The Hall–Kier alpha value is -2.02. The average Bonchev–Trinajstić information content (AvgIpc) is 2.49. The highest BCUT2D eigenvalue weighted by atomic mass is 16.4. The Balaban J connectivity index is 2.83. The first-order valence-electron chi connectivity index (χ1n) is 3.67. The fourth-order valence-electron chi connectivity index (χ4n) is 0.955. The third-order valence-corrected chi connectivity index (χ3v) is 1.50. The zero-order chi connectivity index (χ0) is 9.68. The second-order valence-corrected chi connectivity index (χ2v) is 2.39. The number of hydrogen-bond donors (Lipinski definition) is 1. The van der Waals surface area contributed by atoms with Crippen LogP contribution in [0.3, 0.4) is 0 Å². The fraction of sp³-hybridized carbons (Fsp3) is 0.111. The van der Waals surface area contributed by atoms with Crippen molar-refractivity contribution in [1.29, 1.82) is 5.26 Å². The van der Waals surface area contributed by atoms with Crippen LogP contribution in [-0.2, 0) is 11.3 Å². The van der Waals surface area contributed by atoms with Gasteiger partial charge in [-0.15, -0.1) is 0 Å². The lowest BCUT2D eigenvalue weighted by molar-refractivity contribution is -0.131. The Bertz CT molecular complexity index is 371. The minimum absolute atomic E-state index is 0.228. The molecular formula is C9H8N2O2. The van der Waals surface area contributed by atoms with Crippen molar-refractivity contribution in [2.75, 3.05) is 0 Å². The van der Waals surface area contributed by atoms with Gasteiger partial charge in [0.05, 0.1) is 6.07 Å². The van der Waals surface area contributed by atoms with E-state index in [1.807, 2.05) is 6.07 Å². The number of nitriles is 1. The van der Waals surface area contributed by atoms with E-state index < -0.39 is 5.97 Å². The number of nitrogens with zero attached hydrogens (tertiary/aromatic N) is 2. The number of aromatic nitrogens is 1. The van der Waals surface area contributed by atoms with Crippen molar-refractivity contribution in [2.24, 2.45) is 0 Å². The summed E-state index contributed by atoms with van der Waals surface area (Å²) >= 11 is 0. The van der Waals surface area contributed by atoms with Crippen LogP contribution in [0.1, 0.15) is 5.69 Å². The molecule has 1 rings (SSSR count). The Morgan fingerprint density at radius 3 is 3.15 bits per heavy atom. The van der Waals surface area contributed by atoms with Crippen LogP contribution in [0.15, 0.2) is 24.4 Å². The van der Waals surface area contributed by atoms with Gasteiger partial charge >= 0.3 is 5.97 Å². The Kier molecular flexibility index (Phi) is 2.87. The number of carbonyl (C=O) groups is 1. The summed E-state index contributed by atoms with van der Waals surface area (Å²) in [4.78, 5) is 10.2. The highest BCUT2D eigenvalue weighted by Crippen LogP contribution is 2.03. The molecule has 0 unspecified atom stereocenters. The number of hydrogen-bond acceptors (Lipinski definition) is 2. The molecule has 0 aliphatic rings. The van der Waals surface area contributed by atoms with Crippen molar-refractivity contribution in [3.05, 3.63) is 30.1 Å². The first-order valence-corrected chi connectivity index (χ1v) is 3.67. The average molecular weight is 176 g/mol. The number of aliphatic carboxylic acids is 1. The SMILES string of the molecule is N#CCn1cccc1/C=C/C(=O)O. The van der Waals surface area contributed by atoms with Gasteiger partial charge in [-0.05, 0) is 18.2 Å². The predicted molar refractivity (Wildman–Crippen MR) is 46.7 cm³/mol. The van der Waals surface area contributed by atoms with Crippen LogP contribution < -0.4 is 0 Å². The summed E-state index contributed by atoms with van der Waals surface area (Å²) < 4.78 is 1.67. The lowest BCUT2D eigenvalue weighted by Crippen LogP contribution is -1.96. The predicted octanol–water partition coefficient (Wildman–Crippen LogP) is 1.11. The van der Waals surface area contributed by atoms with Crippen LogP contribution in [0.4, 0.5) is 0 Å². The summed E-state index contributed by atoms with van der Waals surface area (Å²) in [5, 5.41) is 16.8. The Labute approximate surface area is 75.3 Å². The maximum Gasteiger partial charge on any atom is 0.328 e. The van der Waals surface area contributed by atoms with Gasteiger partial charge in [-0.1, -0.05) is 0 Å². The first kappa shape index (κ1) is 9.07. The molecule has 4 nitrogen and oxygen atoms in total. The first-order chi connectivity index (χ1) is 6.24. The normalized spacial score (nSPS) is 10.1. The Morgan fingerprint density at radius 1 is 1.77 bits per heavy atom. The maximum absolute atomic E-state index is 10.2. The van der Waals surface area contributed by atoms with Gasteiger partial charge in [0, 0.05) is 18.0 Å². The molecule has 1 aromatic rings. The summed E-state index contributed by atoms with van der Waals surface area (Å²) in [6.45, 7) is 0.228. The van der Waals surface area contributed by atoms with Gasteiger partial charge in [-0.25, -0.2) is 4.79 Å². The molecule has 0 bridgehead atoms. The van der Waals surface area contributed by atoms with E-state index in [4.69, 9.17) is 10.4 Å². The molecule has 1 aromatic heterocycles. The third-order valence-electron chi connectivity index (χ3n) is 1.50. The van der Waals surface area contributed by atoms with Crippen molar-refractivity contribution < 1.29 is 9.90 Å². The topological polar surface area (TPSA) is 66.0 Å². The van der Waals surface area contributed by atoms with Crippen LogP contribution in [-0.4, -0.2) is 15.6 Å². The molecule has 13 heavy (non-hydrogen) atoms. The van der Waals surface area contributed by atoms with Crippen LogP contribution >= 0.6 is 0 Å². The zero-order valence-corrected chi connectivity index (χ0v) is 6.84. The van der Waals surface area contributed by atoms with E-state index in [2.05, 4.69) is 0 Å². The molecule has 1 heterocycles. The molecule has 0 atom stereocenters. The third kappa shape index (κ3) is 2.49. The molecule has 1 N–H and O–H groups in total. The molecule has 0 amide bonds. The summed E-state index contributed by atoms with van der Waals surface area (Å²) in [6.07, 6.45) is 4.23. The lowest BCUT2D eigenvalue weighted by Gasteiger charge is -1.97. The number of carboxylic acids is 1. The molecule has 0 spiro atoms. The van der Waals surface area contributed by atoms with E-state index in [9.17, 15) is 4.79 Å². The summed E-state index contributed by atoms with van der Waals surface area (Å²) in [5.74, 6) is -0.996. The Morgan fingerprint density at radius 2 is 2.54 bits per heavy atom. The van der Waals surface area contributed by atoms with Gasteiger partial charge in [0.2, 0.25) is 0 Å². The van der Waals surface area contributed by atoms with Crippen LogP contribution in [0, 0.1) is 11.3 Å². The molecule has 0 aliphatic heterocycles. The maximum atomic E-state index is 10.2. The van der Waals surface area contributed by atoms with E-state index in [1.54, 1.807) is 22.9 Å². The van der Waals surface area contributed by atoms with Crippen molar-refractivity contribution >= 4 is 12.0 Å². The minimum Gasteiger partial charge on any atom is -0.478 e. The molecule has 0 aromatic carbocycles. The molecule has 4 heteroatoms. The van der Waals surface area contributed by atoms with E-state index in [1.165, 1.54) is 6.08 Å². The largest absolute Gasteiger partial charge is 0.478 e. The van der Waals surface area contributed by atoms with Crippen molar-refractivity contribution in [2.45, 2.75) is 6.54 Å². The van der Waals surface area contributed by atoms with Crippen molar-refractivity contribution in [1.82, 2.24) is 4.57 Å². The zero-order valence-electron chi connectivity index (χ0n) is 6.84. The lowest BCUT2D eigenvalue weighted by atomic mass is 10.4. The van der Waals surface area contributed by atoms with Crippen molar-refractivity contribution in [3.8, 4) is 6.07 Å². The second kappa shape index (κ2) is 4.12. The van der Waals surface area contributed by atoms with Gasteiger partial charge in [0.15, 0.2) is 0 Å². The van der Waals surface area contributed by atoms with Gasteiger partial charge in [-0.3, -0.25) is 0 Å². The number of carboxylic acid groups (broad SMARTS) is 1. The second-order valence-electron chi connectivity index (χ2n) is 2.39. The van der Waals surface area contributed by atoms with Gasteiger partial charge in [-0.2, -0.15) is 5.26 Å². The molecular weight excluding hydrogens is 168 g/mol. The van der Waals surface area contributed by atoms with E-state index in [0.29, 0.717) is 5.69 Å². The van der Waals surface area contributed by atoms with Gasteiger partial charge < -0.3 is 9.67 Å². The molecule has 0 saturated carbocycles. The minimum atomic E-state index is -0.996. The summed E-state index contributed by atoms with van der Waals surface area (Å²) in [7, 11) is 0. The molecule has 0 aliphatic carbocycles.